The third-order valence-electron chi connectivity index (χ3n) is 5.91. The van der Waals surface area contributed by atoms with Crippen LogP contribution >= 0.6 is 47.1 Å². The van der Waals surface area contributed by atoms with E-state index in [1.54, 1.807) is 24.2 Å². The van der Waals surface area contributed by atoms with Gasteiger partial charge in [0.25, 0.3) is 0 Å². The number of carbonyl (C=O) groups is 1. The van der Waals surface area contributed by atoms with Gasteiger partial charge in [-0.2, -0.15) is 13.2 Å². The average Bonchev–Trinajstić information content (AvgIpc) is 3.26. The molecule has 1 aliphatic heterocycles. The molecule has 0 unspecified atom stereocenters. The molecule has 0 atom stereocenters. The van der Waals surface area contributed by atoms with Gasteiger partial charge in [0.05, 0.1) is 21.2 Å². The number of aromatic amines is 1. The summed E-state index contributed by atoms with van der Waals surface area (Å²) in [6, 6.07) is 11.9. The number of likely N-dealkylation sites (tertiary alicyclic amines) is 1. The minimum absolute atomic E-state index is 0.114. The summed E-state index contributed by atoms with van der Waals surface area (Å²) in [7, 11) is 0. The Kier molecular flexibility index (Phi) is 8.93. The van der Waals surface area contributed by atoms with Crippen LogP contribution in [0.1, 0.15) is 26.2 Å². The fourth-order valence-corrected chi connectivity index (χ4v) is 6.52. The van der Waals surface area contributed by atoms with Crippen molar-refractivity contribution in [3.8, 4) is 0 Å². The van der Waals surface area contributed by atoms with Crippen molar-refractivity contribution >= 4 is 69.6 Å². The molecular weight excluding hydrogens is 552 g/mol. The maximum absolute atomic E-state index is 12.7. The molecule has 1 amide bonds. The molecule has 36 heavy (non-hydrogen) atoms. The van der Waals surface area contributed by atoms with Crippen molar-refractivity contribution < 1.29 is 18.0 Å². The lowest BCUT2D eigenvalue weighted by Crippen LogP contribution is -2.49. The Hall–Kier alpha value is -1.72. The highest BCUT2D eigenvalue weighted by Crippen LogP contribution is 2.37. The van der Waals surface area contributed by atoms with Crippen LogP contribution in [0.15, 0.2) is 52.4 Å². The number of alkyl halides is 3. The van der Waals surface area contributed by atoms with E-state index in [-0.39, 0.29) is 19.1 Å². The Morgan fingerprint density at radius 2 is 1.78 bits per heavy atom. The first-order valence-electron chi connectivity index (χ1n) is 11.5. The van der Waals surface area contributed by atoms with Crippen molar-refractivity contribution in [3.05, 3.63) is 52.6 Å². The van der Waals surface area contributed by atoms with Gasteiger partial charge in [0.15, 0.2) is 0 Å². The molecule has 4 rings (SSSR count). The largest absolute Gasteiger partial charge is 0.471 e. The van der Waals surface area contributed by atoms with Crippen LogP contribution in [-0.2, 0) is 4.79 Å². The lowest BCUT2D eigenvalue weighted by atomic mass is 10.0. The molecule has 2 aromatic carbocycles. The first-order valence-corrected chi connectivity index (χ1v) is 13.8. The molecule has 5 nitrogen and oxygen atoms in total. The second-order valence-corrected chi connectivity index (χ2v) is 11.2. The summed E-state index contributed by atoms with van der Waals surface area (Å²) in [6.45, 7) is 3.13. The molecule has 1 aliphatic rings. The van der Waals surface area contributed by atoms with Gasteiger partial charge >= 0.3 is 12.1 Å². The predicted octanol–water partition coefficient (Wildman–Crippen LogP) is 7.87. The van der Waals surface area contributed by atoms with Gasteiger partial charge in [-0.3, -0.25) is 4.79 Å². The van der Waals surface area contributed by atoms with Gasteiger partial charge in [0, 0.05) is 47.1 Å². The number of anilines is 1. The molecule has 2 N–H and O–H groups in total. The number of nitrogens with zero attached hydrogens (tertiary/aromatic N) is 2. The third-order valence-corrected chi connectivity index (χ3v) is 8.55. The summed E-state index contributed by atoms with van der Waals surface area (Å²) in [4.78, 5) is 17.7. The fourth-order valence-electron chi connectivity index (χ4n) is 4.13. The van der Waals surface area contributed by atoms with E-state index in [0.29, 0.717) is 22.9 Å². The second kappa shape index (κ2) is 11.8. The van der Waals surface area contributed by atoms with Gasteiger partial charge in [-0.1, -0.05) is 30.1 Å². The highest BCUT2D eigenvalue weighted by molar-refractivity contribution is 8.00. The maximum Gasteiger partial charge on any atom is 0.471 e. The SMILES string of the molecule is CCCN(Sc1ccc(SNc2ccc(Cl)c3c(Cl)c[nH]c23)cc1)C1CCN(C(=O)C(F)(F)F)CC1. The summed E-state index contributed by atoms with van der Waals surface area (Å²) in [5.41, 5.74) is 1.71. The van der Waals surface area contributed by atoms with E-state index in [4.69, 9.17) is 23.2 Å². The molecule has 0 spiro atoms. The number of piperidine rings is 1. The van der Waals surface area contributed by atoms with Crippen molar-refractivity contribution in [2.24, 2.45) is 0 Å². The minimum atomic E-state index is -4.81. The van der Waals surface area contributed by atoms with Crippen LogP contribution in [0.25, 0.3) is 10.9 Å². The number of benzene rings is 2. The van der Waals surface area contributed by atoms with Crippen LogP contribution in [0.4, 0.5) is 18.9 Å². The van der Waals surface area contributed by atoms with E-state index in [0.717, 1.165) is 44.2 Å². The normalized spacial score (nSPS) is 15.1. The minimum Gasteiger partial charge on any atom is -0.358 e. The van der Waals surface area contributed by atoms with Crippen molar-refractivity contribution in [1.29, 1.82) is 0 Å². The number of hydrogen-bond acceptors (Lipinski definition) is 5. The van der Waals surface area contributed by atoms with E-state index in [9.17, 15) is 18.0 Å². The fraction of sp³-hybridized carbons (Fsp3) is 0.375. The van der Waals surface area contributed by atoms with Gasteiger partial charge in [-0.25, -0.2) is 4.31 Å². The van der Waals surface area contributed by atoms with Crippen molar-refractivity contribution in [3.63, 3.8) is 0 Å². The Morgan fingerprint density at radius 3 is 2.42 bits per heavy atom. The average molecular weight is 578 g/mol. The number of aromatic nitrogens is 1. The molecule has 0 bridgehead atoms. The first-order chi connectivity index (χ1) is 17.2. The highest BCUT2D eigenvalue weighted by atomic mass is 35.5. The summed E-state index contributed by atoms with van der Waals surface area (Å²) in [5.74, 6) is -1.74. The zero-order valence-electron chi connectivity index (χ0n) is 19.4. The second-order valence-electron chi connectivity index (χ2n) is 8.41. The van der Waals surface area contributed by atoms with E-state index in [1.165, 1.54) is 11.9 Å². The lowest BCUT2D eigenvalue weighted by molar-refractivity contribution is -0.186. The number of rotatable bonds is 8. The van der Waals surface area contributed by atoms with Crippen molar-refractivity contribution in [2.75, 3.05) is 24.4 Å². The van der Waals surface area contributed by atoms with Crippen LogP contribution in [-0.4, -0.2) is 51.9 Å². The van der Waals surface area contributed by atoms with Crippen LogP contribution in [0, 0.1) is 0 Å². The van der Waals surface area contributed by atoms with E-state index >= 15 is 0 Å². The monoisotopic (exact) mass is 576 g/mol. The zero-order valence-corrected chi connectivity index (χ0v) is 22.5. The van der Waals surface area contributed by atoms with E-state index < -0.39 is 12.1 Å². The summed E-state index contributed by atoms with van der Waals surface area (Å²) < 4.78 is 43.8. The topological polar surface area (TPSA) is 51.4 Å². The standard InChI is InChI=1S/C24H25Cl2F3N4OS2/c1-2-11-33(15-9-12-32(13-10-15)23(34)24(27,28)29)36-17-5-3-16(4-6-17)35-31-20-8-7-18(25)21-19(26)14-30-22(20)21/h3-8,14-15,30-31H,2,9-13H2,1H3. The van der Waals surface area contributed by atoms with E-state index in [1.807, 2.05) is 30.3 Å². The molecule has 0 radical (unpaired) electrons. The van der Waals surface area contributed by atoms with Crippen LogP contribution in [0.2, 0.25) is 10.0 Å². The predicted molar refractivity (Wildman–Crippen MR) is 143 cm³/mol. The molecule has 1 fully saturated rings. The number of nitrogens with one attached hydrogen (secondary N) is 2. The molecule has 2 heterocycles. The van der Waals surface area contributed by atoms with Crippen LogP contribution < -0.4 is 4.72 Å². The molecule has 3 aromatic rings. The number of carbonyl (C=O) groups excluding carboxylic acids is 1. The molecule has 1 aromatic heterocycles. The quantitative estimate of drug-likeness (QED) is 0.267. The zero-order chi connectivity index (χ0) is 25.9. The molecule has 0 aliphatic carbocycles. The number of fused-ring (bicyclic) bond motifs is 1. The summed E-state index contributed by atoms with van der Waals surface area (Å²) in [6.07, 6.45) is -1.14. The van der Waals surface area contributed by atoms with Gasteiger partial charge in [0.2, 0.25) is 0 Å². The van der Waals surface area contributed by atoms with Crippen molar-refractivity contribution in [1.82, 2.24) is 14.2 Å². The van der Waals surface area contributed by atoms with Gasteiger partial charge in [-0.15, -0.1) is 0 Å². The third kappa shape index (κ3) is 6.39. The molecule has 194 valence electrons. The van der Waals surface area contributed by atoms with Gasteiger partial charge < -0.3 is 14.6 Å². The molecule has 0 saturated carbocycles. The summed E-state index contributed by atoms with van der Waals surface area (Å²) in [5, 5.41) is 1.93. The molecule has 1 saturated heterocycles. The van der Waals surface area contributed by atoms with Crippen molar-refractivity contribution in [2.45, 2.75) is 48.2 Å². The number of H-pyrrole nitrogens is 1. The lowest BCUT2D eigenvalue weighted by Gasteiger charge is -2.37. The Morgan fingerprint density at radius 1 is 1.11 bits per heavy atom. The number of halogens is 5. The highest BCUT2D eigenvalue weighted by Gasteiger charge is 2.43. The molecule has 12 heteroatoms. The van der Waals surface area contributed by atoms with Crippen LogP contribution in [0.5, 0.6) is 0 Å². The van der Waals surface area contributed by atoms with Crippen LogP contribution in [0.3, 0.4) is 0 Å². The maximum atomic E-state index is 12.7. The number of amides is 1. The Bertz CT molecular complexity index is 1200. The smallest absolute Gasteiger partial charge is 0.358 e. The number of hydrogen-bond donors (Lipinski definition) is 2. The summed E-state index contributed by atoms with van der Waals surface area (Å²) >= 11 is 15.6. The first kappa shape index (κ1) is 27.3. The Balaban J connectivity index is 1.35. The van der Waals surface area contributed by atoms with E-state index in [2.05, 4.69) is 20.9 Å². The molecular formula is C24H25Cl2F3N4OS2. The van der Waals surface area contributed by atoms with Gasteiger partial charge in [-0.05, 0) is 79.6 Å². The Labute approximate surface area is 226 Å². The van der Waals surface area contributed by atoms with Gasteiger partial charge in [0.1, 0.15) is 0 Å².